The molecule has 162 valence electrons. The highest BCUT2D eigenvalue weighted by Crippen LogP contribution is 2.25. The number of rotatable bonds is 5. The summed E-state index contributed by atoms with van der Waals surface area (Å²) in [6.07, 6.45) is 1.72. The van der Waals surface area contributed by atoms with Crippen molar-refractivity contribution >= 4 is 45.2 Å². The first-order chi connectivity index (χ1) is 16.1. The molecular formula is C26H20N4O2S. The third-order valence-corrected chi connectivity index (χ3v) is 6.29. The smallest absolute Gasteiger partial charge is 0.266 e. The SMILES string of the molecule is Cc1ccccc1-n1c(SCC(=O)Nc2cccc3ncccc23)nc2ccccc2c1=O. The largest absolute Gasteiger partial charge is 0.325 e. The Morgan fingerprint density at radius 1 is 0.909 bits per heavy atom. The maximum absolute atomic E-state index is 13.4. The molecule has 0 saturated heterocycles. The van der Waals surface area contributed by atoms with Gasteiger partial charge in [0.25, 0.3) is 5.56 Å². The van der Waals surface area contributed by atoms with Crippen LogP contribution in [0.2, 0.25) is 0 Å². The third kappa shape index (κ3) is 4.10. The summed E-state index contributed by atoms with van der Waals surface area (Å²) in [5.41, 5.74) is 3.67. The Morgan fingerprint density at radius 2 is 1.67 bits per heavy atom. The van der Waals surface area contributed by atoms with Crippen molar-refractivity contribution in [3.8, 4) is 5.69 Å². The molecule has 1 amide bonds. The minimum absolute atomic E-state index is 0.104. The lowest BCUT2D eigenvalue weighted by molar-refractivity contribution is -0.113. The number of anilines is 1. The van der Waals surface area contributed by atoms with E-state index in [1.54, 1.807) is 16.8 Å². The molecule has 3 aromatic carbocycles. The second-order valence-electron chi connectivity index (χ2n) is 7.55. The van der Waals surface area contributed by atoms with Gasteiger partial charge in [0.15, 0.2) is 5.16 Å². The van der Waals surface area contributed by atoms with Crippen molar-refractivity contribution in [3.05, 3.63) is 101 Å². The number of carbonyl (C=O) groups is 1. The Balaban J connectivity index is 1.48. The van der Waals surface area contributed by atoms with Crippen molar-refractivity contribution in [2.75, 3.05) is 11.1 Å². The number of hydrogen-bond acceptors (Lipinski definition) is 5. The van der Waals surface area contributed by atoms with Crippen molar-refractivity contribution in [2.45, 2.75) is 12.1 Å². The average Bonchev–Trinajstić information content (AvgIpc) is 2.84. The van der Waals surface area contributed by atoms with Crippen LogP contribution in [0, 0.1) is 6.92 Å². The lowest BCUT2D eigenvalue weighted by Gasteiger charge is -2.15. The van der Waals surface area contributed by atoms with Crippen molar-refractivity contribution in [1.29, 1.82) is 0 Å². The van der Waals surface area contributed by atoms with Crippen LogP contribution in [-0.2, 0) is 4.79 Å². The monoisotopic (exact) mass is 452 g/mol. The van der Waals surface area contributed by atoms with Gasteiger partial charge in [-0.25, -0.2) is 4.98 Å². The van der Waals surface area contributed by atoms with Gasteiger partial charge in [0.1, 0.15) is 0 Å². The maximum atomic E-state index is 13.4. The van der Waals surface area contributed by atoms with Crippen molar-refractivity contribution in [1.82, 2.24) is 14.5 Å². The van der Waals surface area contributed by atoms with Crippen LogP contribution in [-0.4, -0.2) is 26.2 Å². The van der Waals surface area contributed by atoms with Gasteiger partial charge in [-0.15, -0.1) is 0 Å². The number of nitrogens with zero attached hydrogens (tertiary/aromatic N) is 3. The normalized spacial score (nSPS) is 11.1. The number of aromatic nitrogens is 3. The van der Waals surface area contributed by atoms with E-state index < -0.39 is 0 Å². The van der Waals surface area contributed by atoms with Crippen LogP contribution < -0.4 is 10.9 Å². The molecule has 5 aromatic rings. The van der Waals surface area contributed by atoms with E-state index in [1.165, 1.54) is 11.8 Å². The van der Waals surface area contributed by atoms with Crippen LogP contribution in [0.15, 0.2) is 95.0 Å². The summed E-state index contributed by atoms with van der Waals surface area (Å²) >= 11 is 1.24. The predicted molar refractivity (Wildman–Crippen MR) is 133 cm³/mol. The van der Waals surface area contributed by atoms with E-state index in [0.717, 1.165) is 22.2 Å². The quantitative estimate of drug-likeness (QED) is 0.301. The number of amides is 1. The molecule has 0 unspecified atom stereocenters. The molecule has 7 heteroatoms. The topological polar surface area (TPSA) is 76.9 Å². The minimum Gasteiger partial charge on any atom is -0.325 e. The number of para-hydroxylation sites is 2. The fourth-order valence-electron chi connectivity index (χ4n) is 3.76. The minimum atomic E-state index is -0.185. The van der Waals surface area contributed by atoms with Crippen molar-refractivity contribution < 1.29 is 4.79 Å². The molecule has 0 spiro atoms. The van der Waals surface area contributed by atoms with Gasteiger partial charge < -0.3 is 5.32 Å². The first-order valence-electron chi connectivity index (χ1n) is 10.5. The number of benzene rings is 3. The second kappa shape index (κ2) is 8.88. The Labute approximate surface area is 194 Å². The highest BCUT2D eigenvalue weighted by molar-refractivity contribution is 7.99. The summed E-state index contributed by atoms with van der Waals surface area (Å²) in [6.45, 7) is 1.95. The summed E-state index contributed by atoms with van der Waals surface area (Å²) in [5, 5.41) is 4.85. The highest BCUT2D eigenvalue weighted by Gasteiger charge is 2.16. The molecule has 1 N–H and O–H groups in total. The van der Waals surface area contributed by atoms with E-state index in [4.69, 9.17) is 4.98 Å². The lowest BCUT2D eigenvalue weighted by atomic mass is 10.2. The van der Waals surface area contributed by atoms with Crippen LogP contribution in [0.4, 0.5) is 5.69 Å². The number of aryl methyl sites for hydroxylation is 1. The van der Waals surface area contributed by atoms with Crippen molar-refractivity contribution in [3.63, 3.8) is 0 Å². The van der Waals surface area contributed by atoms with Gasteiger partial charge in [-0.1, -0.05) is 48.2 Å². The molecule has 6 nitrogen and oxygen atoms in total. The van der Waals surface area contributed by atoms with Gasteiger partial charge in [0.2, 0.25) is 5.91 Å². The number of pyridine rings is 1. The van der Waals surface area contributed by atoms with E-state index in [2.05, 4.69) is 10.3 Å². The first-order valence-corrected chi connectivity index (χ1v) is 11.4. The first kappa shape index (κ1) is 20.9. The third-order valence-electron chi connectivity index (χ3n) is 5.35. The predicted octanol–water partition coefficient (Wildman–Crippen LogP) is 4.97. The molecule has 0 radical (unpaired) electrons. The fourth-order valence-corrected chi connectivity index (χ4v) is 4.57. The number of fused-ring (bicyclic) bond motifs is 2. The highest BCUT2D eigenvalue weighted by atomic mass is 32.2. The Kier molecular flexibility index (Phi) is 5.62. The zero-order valence-electron chi connectivity index (χ0n) is 17.9. The van der Waals surface area contributed by atoms with Gasteiger partial charge >= 0.3 is 0 Å². The molecule has 0 aliphatic carbocycles. The molecule has 0 aliphatic heterocycles. The zero-order valence-corrected chi connectivity index (χ0v) is 18.7. The van der Waals surface area contributed by atoms with Crippen molar-refractivity contribution in [2.24, 2.45) is 0 Å². The molecule has 5 rings (SSSR count). The van der Waals surface area contributed by atoms with Gasteiger partial charge in [-0.05, 0) is 55.0 Å². The zero-order chi connectivity index (χ0) is 22.8. The van der Waals surface area contributed by atoms with E-state index >= 15 is 0 Å². The molecule has 0 atom stereocenters. The average molecular weight is 453 g/mol. The van der Waals surface area contributed by atoms with Crippen LogP contribution in [0.1, 0.15) is 5.56 Å². The fraction of sp³-hybridized carbons (Fsp3) is 0.0769. The molecule has 2 aromatic heterocycles. The molecule has 0 aliphatic rings. The van der Waals surface area contributed by atoms with Crippen LogP contribution in [0.5, 0.6) is 0 Å². The molecular weight excluding hydrogens is 432 g/mol. The summed E-state index contributed by atoms with van der Waals surface area (Å²) in [6, 6.07) is 24.3. The Hall–Kier alpha value is -3.97. The summed E-state index contributed by atoms with van der Waals surface area (Å²) < 4.78 is 1.59. The number of nitrogens with one attached hydrogen (secondary N) is 1. The number of thioether (sulfide) groups is 1. The maximum Gasteiger partial charge on any atom is 0.266 e. The van der Waals surface area contributed by atoms with Crippen LogP contribution in [0.3, 0.4) is 0 Å². The second-order valence-corrected chi connectivity index (χ2v) is 8.49. The molecule has 0 fully saturated rings. The molecule has 33 heavy (non-hydrogen) atoms. The molecule has 2 heterocycles. The van der Waals surface area contributed by atoms with E-state index in [9.17, 15) is 9.59 Å². The van der Waals surface area contributed by atoms with E-state index in [-0.39, 0.29) is 17.2 Å². The van der Waals surface area contributed by atoms with E-state index in [1.807, 2.05) is 79.7 Å². The Bertz CT molecular complexity index is 1560. The lowest BCUT2D eigenvalue weighted by Crippen LogP contribution is -2.23. The summed E-state index contributed by atoms with van der Waals surface area (Å²) in [4.78, 5) is 35.3. The Morgan fingerprint density at radius 3 is 2.55 bits per heavy atom. The van der Waals surface area contributed by atoms with E-state index in [0.29, 0.717) is 21.7 Å². The number of hydrogen-bond donors (Lipinski definition) is 1. The van der Waals surface area contributed by atoms with Gasteiger partial charge in [-0.2, -0.15) is 0 Å². The molecule has 0 bridgehead atoms. The van der Waals surface area contributed by atoms with Crippen LogP contribution >= 0.6 is 11.8 Å². The summed E-state index contributed by atoms with van der Waals surface area (Å²) in [7, 11) is 0. The standard InChI is InChI=1S/C26H20N4O2S/c1-17-8-2-5-14-23(17)30-25(32)19-9-3-4-11-22(19)29-26(30)33-16-24(31)28-21-13-6-12-20-18(21)10-7-15-27-20/h2-15H,16H2,1H3,(H,28,31). The summed E-state index contributed by atoms with van der Waals surface area (Å²) in [5.74, 6) is -0.0806. The van der Waals surface area contributed by atoms with Gasteiger partial charge in [0.05, 0.1) is 33.5 Å². The van der Waals surface area contributed by atoms with Gasteiger partial charge in [-0.3, -0.25) is 19.1 Å². The number of carbonyl (C=O) groups excluding carboxylic acids is 1. The molecule has 0 saturated carbocycles. The van der Waals surface area contributed by atoms with Crippen LogP contribution in [0.25, 0.3) is 27.5 Å². The van der Waals surface area contributed by atoms with Gasteiger partial charge in [0, 0.05) is 11.6 Å².